The first kappa shape index (κ1) is 9.21. The van der Waals surface area contributed by atoms with E-state index in [1.807, 2.05) is 17.8 Å². The number of aryl methyl sites for hydroxylation is 1. The van der Waals surface area contributed by atoms with E-state index in [2.05, 4.69) is 35.7 Å². The van der Waals surface area contributed by atoms with Crippen LogP contribution in [0.15, 0.2) is 24.5 Å². The lowest BCUT2D eigenvalue weighted by molar-refractivity contribution is 0.795. The van der Waals surface area contributed by atoms with Crippen LogP contribution >= 0.6 is 0 Å². The summed E-state index contributed by atoms with van der Waals surface area (Å²) in [6.45, 7) is 3.07. The average Bonchev–Trinajstić information content (AvgIpc) is 2.57. The summed E-state index contributed by atoms with van der Waals surface area (Å²) in [6, 6.07) is 4.26. The van der Waals surface area contributed by atoms with Crippen molar-refractivity contribution < 1.29 is 0 Å². The van der Waals surface area contributed by atoms with Crippen LogP contribution < -0.4 is 5.32 Å². The molecule has 0 aromatic carbocycles. The summed E-state index contributed by atoms with van der Waals surface area (Å²) < 4.78 is 1.94. The monoisotopic (exact) mass is 189 g/mol. The van der Waals surface area contributed by atoms with Crippen molar-refractivity contribution in [3.05, 3.63) is 35.7 Å². The van der Waals surface area contributed by atoms with Crippen molar-refractivity contribution in [3.8, 4) is 0 Å². The van der Waals surface area contributed by atoms with Gasteiger partial charge in [0, 0.05) is 6.20 Å². The van der Waals surface area contributed by atoms with Crippen LogP contribution in [-0.2, 0) is 6.42 Å². The van der Waals surface area contributed by atoms with Gasteiger partial charge in [-0.25, -0.2) is 4.52 Å². The van der Waals surface area contributed by atoms with Gasteiger partial charge in [0.2, 0.25) is 0 Å². The zero-order chi connectivity index (χ0) is 9.97. The molecule has 1 N–H and O–H groups in total. The third-order valence-electron chi connectivity index (χ3n) is 2.39. The van der Waals surface area contributed by atoms with Crippen LogP contribution in [-0.4, -0.2) is 23.2 Å². The van der Waals surface area contributed by atoms with Crippen LogP contribution in [0, 0.1) is 6.92 Å². The fourth-order valence-electron chi connectivity index (χ4n) is 1.59. The second-order valence-corrected chi connectivity index (χ2v) is 3.56. The minimum Gasteiger partial charge on any atom is -0.319 e. The molecule has 2 aromatic rings. The van der Waals surface area contributed by atoms with E-state index in [1.165, 1.54) is 16.6 Å². The van der Waals surface area contributed by atoms with Gasteiger partial charge < -0.3 is 5.32 Å². The first-order valence-electron chi connectivity index (χ1n) is 4.89. The summed E-state index contributed by atoms with van der Waals surface area (Å²) in [5.41, 5.74) is 3.76. The highest BCUT2D eigenvalue weighted by Gasteiger charge is 2.02. The van der Waals surface area contributed by atoms with Crippen LogP contribution in [0.2, 0.25) is 0 Å². The normalized spacial score (nSPS) is 11.0. The molecule has 2 aromatic heterocycles. The van der Waals surface area contributed by atoms with E-state index in [9.17, 15) is 0 Å². The number of nitrogens with zero attached hydrogens (tertiary/aromatic N) is 2. The summed E-state index contributed by atoms with van der Waals surface area (Å²) >= 11 is 0. The standard InChI is InChI=1S/C11H15N3/c1-9-3-4-11-10(5-6-12-2)7-13-14(11)8-9/h3-4,7-8,12H,5-6H2,1-2H3. The molecule has 0 saturated carbocycles. The van der Waals surface area contributed by atoms with Gasteiger partial charge in [-0.15, -0.1) is 0 Å². The smallest absolute Gasteiger partial charge is 0.0694 e. The largest absolute Gasteiger partial charge is 0.319 e. The third kappa shape index (κ3) is 1.63. The molecule has 74 valence electrons. The van der Waals surface area contributed by atoms with Crippen molar-refractivity contribution in [1.82, 2.24) is 14.9 Å². The van der Waals surface area contributed by atoms with Gasteiger partial charge in [0.15, 0.2) is 0 Å². The summed E-state index contributed by atoms with van der Waals surface area (Å²) in [5.74, 6) is 0. The van der Waals surface area contributed by atoms with E-state index in [4.69, 9.17) is 0 Å². The predicted molar refractivity (Wildman–Crippen MR) is 57.6 cm³/mol. The molecule has 2 rings (SSSR count). The van der Waals surface area contributed by atoms with Crippen molar-refractivity contribution in [1.29, 1.82) is 0 Å². The van der Waals surface area contributed by atoms with Crippen molar-refractivity contribution in [3.63, 3.8) is 0 Å². The number of aromatic nitrogens is 2. The molecular formula is C11H15N3. The molecular weight excluding hydrogens is 174 g/mol. The van der Waals surface area contributed by atoms with Crippen LogP contribution in [0.3, 0.4) is 0 Å². The van der Waals surface area contributed by atoms with E-state index in [-0.39, 0.29) is 0 Å². The maximum Gasteiger partial charge on any atom is 0.0694 e. The van der Waals surface area contributed by atoms with Crippen LogP contribution in [0.25, 0.3) is 5.52 Å². The lowest BCUT2D eigenvalue weighted by Gasteiger charge is -1.99. The molecule has 0 bridgehead atoms. The van der Waals surface area contributed by atoms with Crippen LogP contribution in [0.1, 0.15) is 11.1 Å². The first-order valence-corrected chi connectivity index (χ1v) is 4.89. The van der Waals surface area contributed by atoms with E-state index in [0.29, 0.717) is 0 Å². The number of hydrogen-bond donors (Lipinski definition) is 1. The minimum atomic E-state index is 0.995. The van der Waals surface area contributed by atoms with E-state index in [0.717, 1.165) is 13.0 Å². The number of hydrogen-bond acceptors (Lipinski definition) is 2. The minimum absolute atomic E-state index is 0.995. The van der Waals surface area contributed by atoms with Crippen molar-refractivity contribution in [2.24, 2.45) is 0 Å². The van der Waals surface area contributed by atoms with E-state index in [1.54, 1.807) is 0 Å². The van der Waals surface area contributed by atoms with E-state index < -0.39 is 0 Å². The second kappa shape index (κ2) is 3.80. The molecule has 0 amide bonds. The van der Waals surface area contributed by atoms with Crippen molar-refractivity contribution in [2.45, 2.75) is 13.3 Å². The average molecular weight is 189 g/mol. The predicted octanol–water partition coefficient (Wildman–Crippen LogP) is 1.40. The SMILES string of the molecule is CNCCc1cnn2cc(C)ccc12. The number of fused-ring (bicyclic) bond motifs is 1. The number of rotatable bonds is 3. The Kier molecular flexibility index (Phi) is 2.50. The maximum atomic E-state index is 4.32. The molecule has 0 aliphatic rings. The van der Waals surface area contributed by atoms with Gasteiger partial charge in [-0.1, -0.05) is 6.07 Å². The molecule has 3 heteroatoms. The molecule has 3 nitrogen and oxygen atoms in total. The zero-order valence-electron chi connectivity index (χ0n) is 8.62. The number of pyridine rings is 1. The Bertz CT molecular complexity index is 431. The number of likely N-dealkylation sites (N-methyl/N-ethyl adjacent to an activating group) is 1. The topological polar surface area (TPSA) is 29.3 Å². The van der Waals surface area contributed by atoms with Crippen molar-refractivity contribution >= 4 is 5.52 Å². The van der Waals surface area contributed by atoms with E-state index >= 15 is 0 Å². The van der Waals surface area contributed by atoms with Gasteiger partial charge >= 0.3 is 0 Å². The van der Waals surface area contributed by atoms with Gasteiger partial charge in [-0.2, -0.15) is 5.10 Å². The third-order valence-corrected chi connectivity index (χ3v) is 2.39. The van der Waals surface area contributed by atoms with Gasteiger partial charge in [0.25, 0.3) is 0 Å². The van der Waals surface area contributed by atoms with Crippen molar-refractivity contribution in [2.75, 3.05) is 13.6 Å². The highest BCUT2D eigenvalue weighted by molar-refractivity contribution is 5.54. The molecule has 0 fully saturated rings. The molecule has 0 aliphatic heterocycles. The van der Waals surface area contributed by atoms with Crippen LogP contribution in [0.5, 0.6) is 0 Å². The Hall–Kier alpha value is -1.35. The first-order chi connectivity index (χ1) is 6.81. The number of nitrogens with one attached hydrogen (secondary N) is 1. The Morgan fingerprint density at radius 2 is 2.29 bits per heavy atom. The summed E-state index contributed by atoms with van der Waals surface area (Å²) in [7, 11) is 1.97. The summed E-state index contributed by atoms with van der Waals surface area (Å²) in [4.78, 5) is 0. The van der Waals surface area contributed by atoms with Gasteiger partial charge in [-0.3, -0.25) is 0 Å². The fourth-order valence-corrected chi connectivity index (χ4v) is 1.59. The van der Waals surface area contributed by atoms with Gasteiger partial charge in [0.1, 0.15) is 0 Å². The molecule has 14 heavy (non-hydrogen) atoms. The molecule has 0 spiro atoms. The molecule has 0 saturated heterocycles. The maximum absolute atomic E-state index is 4.32. The fraction of sp³-hybridized carbons (Fsp3) is 0.364. The Labute approximate surface area is 83.7 Å². The molecule has 0 aliphatic carbocycles. The summed E-state index contributed by atoms with van der Waals surface area (Å²) in [6.07, 6.45) is 5.04. The van der Waals surface area contributed by atoms with Gasteiger partial charge in [0.05, 0.1) is 11.7 Å². The summed E-state index contributed by atoms with van der Waals surface area (Å²) in [5, 5.41) is 7.47. The Morgan fingerprint density at radius 1 is 1.43 bits per heavy atom. The van der Waals surface area contributed by atoms with Gasteiger partial charge in [-0.05, 0) is 44.1 Å². The highest BCUT2D eigenvalue weighted by atomic mass is 15.2. The molecule has 0 atom stereocenters. The highest BCUT2D eigenvalue weighted by Crippen LogP contribution is 2.11. The molecule has 0 radical (unpaired) electrons. The molecule has 2 heterocycles. The zero-order valence-corrected chi connectivity index (χ0v) is 8.62. The quantitative estimate of drug-likeness (QED) is 0.791. The lowest BCUT2D eigenvalue weighted by atomic mass is 10.2. The molecule has 0 unspecified atom stereocenters. The van der Waals surface area contributed by atoms with Crippen LogP contribution in [0.4, 0.5) is 0 Å². The second-order valence-electron chi connectivity index (χ2n) is 3.56. The Morgan fingerprint density at radius 3 is 3.07 bits per heavy atom. The lowest BCUT2D eigenvalue weighted by Crippen LogP contribution is -2.10. The Balaban J connectivity index is 2.37.